The van der Waals surface area contributed by atoms with Gasteiger partial charge in [0.25, 0.3) is 17.4 Å². The first kappa shape index (κ1) is 26.8. The molecule has 0 saturated heterocycles. The number of anilines is 1. The summed E-state index contributed by atoms with van der Waals surface area (Å²) in [5.41, 5.74) is 1.29. The van der Waals surface area contributed by atoms with Gasteiger partial charge in [0.2, 0.25) is 5.82 Å². The molecule has 2 aromatic heterocycles. The summed E-state index contributed by atoms with van der Waals surface area (Å²) in [5, 5.41) is 17.4. The minimum atomic E-state index is -1.01. The van der Waals surface area contributed by atoms with Gasteiger partial charge in [-0.1, -0.05) is 6.07 Å². The first-order valence-corrected chi connectivity index (χ1v) is 10.7. The summed E-state index contributed by atoms with van der Waals surface area (Å²) in [4.78, 5) is 54.8. The van der Waals surface area contributed by atoms with Crippen molar-refractivity contribution >= 4 is 57.4 Å². The number of aryl methyl sites for hydroxylation is 1. The maximum Gasteiger partial charge on any atom is 0.308 e. The number of fused-ring (bicyclic) bond motifs is 2. The molecule has 1 aliphatic heterocycles. The fourth-order valence-corrected chi connectivity index (χ4v) is 4.28. The quantitative estimate of drug-likeness (QED) is 0.345. The van der Waals surface area contributed by atoms with E-state index in [2.05, 4.69) is 25.9 Å². The van der Waals surface area contributed by atoms with Crippen LogP contribution in [-0.2, 0) is 22.6 Å². The molecule has 34 heavy (non-hydrogen) atoms. The van der Waals surface area contributed by atoms with E-state index < -0.39 is 17.4 Å². The largest absolute Gasteiger partial charge is 0.482 e. The lowest BCUT2D eigenvalue weighted by Gasteiger charge is -2.18. The van der Waals surface area contributed by atoms with E-state index in [0.29, 0.717) is 37.7 Å². The van der Waals surface area contributed by atoms with Crippen LogP contribution in [-0.4, -0.2) is 53.6 Å². The summed E-state index contributed by atoms with van der Waals surface area (Å²) in [6.07, 6.45) is -0.216. The molecule has 0 fully saturated rings. The van der Waals surface area contributed by atoms with E-state index in [4.69, 9.17) is 9.84 Å². The van der Waals surface area contributed by atoms with E-state index in [1.165, 1.54) is 0 Å². The predicted octanol–water partition coefficient (Wildman–Crippen LogP) is 1.44. The fourth-order valence-electron chi connectivity index (χ4n) is 3.11. The molecular formula is C21H24ClN5O6S. The van der Waals surface area contributed by atoms with Gasteiger partial charge in [-0.2, -0.15) is 0 Å². The third-order valence-corrected chi connectivity index (χ3v) is 5.74. The SMILES string of the molecule is CNC.Cc1c(CC(=O)O)sc2nc(C(=O)NCc3ccc4c(c3)NC(=O)CO4)[nH]c(=O)c12.Cl. The monoisotopic (exact) mass is 509 g/mol. The molecule has 1 aliphatic rings. The summed E-state index contributed by atoms with van der Waals surface area (Å²) in [7, 11) is 3.75. The highest BCUT2D eigenvalue weighted by Gasteiger charge is 2.19. The zero-order valence-electron chi connectivity index (χ0n) is 18.6. The Morgan fingerprint density at radius 3 is 2.65 bits per heavy atom. The molecule has 11 nitrogen and oxygen atoms in total. The van der Waals surface area contributed by atoms with Crippen molar-refractivity contribution in [3.8, 4) is 5.75 Å². The van der Waals surface area contributed by atoms with Crippen LogP contribution in [0.25, 0.3) is 10.2 Å². The second-order valence-corrected chi connectivity index (χ2v) is 8.25. The van der Waals surface area contributed by atoms with Crippen molar-refractivity contribution in [3.63, 3.8) is 0 Å². The van der Waals surface area contributed by atoms with Crippen molar-refractivity contribution in [1.82, 2.24) is 20.6 Å². The van der Waals surface area contributed by atoms with Crippen molar-refractivity contribution in [1.29, 1.82) is 0 Å². The number of thiophene rings is 1. The molecule has 0 spiro atoms. The van der Waals surface area contributed by atoms with E-state index in [-0.39, 0.29) is 43.7 Å². The number of benzene rings is 1. The predicted molar refractivity (Wildman–Crippen MR) is 130 cm³/mol. The van der Waals surface area contributed by atoms with Crippen LogP contribution in [0.5, 0.6) is 5.75 Å². The standard InChI is InChI=1S/C19H16N4O6S.C2H7N.ClH/c1-8-12(5-14(25)26)30-19-15(8)17(27)22-16(23-19)18(28)20-6-9-2-3-11-10(4-9)21-13(24)7-29-11;1-3-2;/h2-4H,5-7H2,1H3,(H,20,28)(H,21,24)(H,25,26)(H,22,23,27);3H,1-2H3;1H. The maximum absolute atomic E-state index is 12.5. The average molecular weight is 510 g/mol. The number of aliphatic carboxylic acids is 1. The van der Waals surface area contributed by atoms with Gasteiger partial charge in [-0.05, 0) is 44.3 Å². The highest BCUT2D eigenvalue weighted by Crippen LogP contribution is 2.29. The zero-order chi connectivity index (χ0) is 24.1. The lowest BCUT2D eigenvalue weighted by Crippen LogP contribution is -2.28. The van der Waals surface area contributed by atoms with Crippen LogP contribution in [0.1, 0.15) is 26.6 Å². The summed E-state index contributed by atoms with van der Waals surface area (Å²) >= 11 is 1.08. The Labute approximate surface area is 204 Å². The first-order chi connectivity index (χ1) is 15.7. The lowest BCUT2D eigenvalue weighted by atomic mass is 10.1. The molecule has 0 atom stereocenters. The van der Waals surface area contributed by atoms with Crippen LogP contribution in [0.15, 0.2) is 23.0 Å². The van der Waals surface area contributed by atoms with Gasteiger partial charge in [0.1, 0.15) is 10.6 Å². The number of carbonyl (C=O) groups is 3. The number of hydrogen-bond donors (Lipinski definition) is 5. The second-order valence-electron chi connectivity index (χ2n) is 7.17. The van der Waals surface area contributed by atoms with Crippen molar-refractivity contribution in [3.05, 3.63) is 50.4 Å². The molecule has 3 aromatic rings. The number of ether oxygens (including phenoxy) is 1. The molecular weight excluding hydrogens is 486 g/mol. The number of halogens is 1. The first-order valence-electron chi connectivity index (χ1n) is 9.89. The molecule has 0 aliphatic carbocycles. The van der Waals surface area contributed by atoms with E-state index in [1.54, 1.807) is 25.1 Å². The Morgan fingerprint density at radius 2 is 1.97 bits per heavy atom. The van der Waals surface area contributed by atoms with Crippen LogP contribution in [0.3, 0.4) is 0 Å². The van der Waals surface area contributed by atoms with Crippen LogP contribution in [0.4, 0.5) is 5.69 Å². The molecule has 0 bridgehead atoms. The molecule has 4 rings (SSSR count). The number of H-pyrrole nitrogens is 1. The maximum atomic E-state index is 12.5. The van der Waals surface area contributed by atoms with Gasteiger partial charge in [-0.15, -0.1) is 23.7 Å². The number of carboxylic acids is 1. The van der Waals surface area contributed by atoms with Crippen molar-refractivity contribution in [2.75, 3.05) is 26.0 Å². The Balaban J connectivity index is 0.000000970. The molecule has 1 aromatic carbocycles. The zero-order valence-corrected chi connectivity index (χ0v) is 20.2. The highest BCUT2D eigenvalue weighted by atomic mass is 35.5. The van der Waals surface area contributed by atoms with Gasteiger partial charge >= 0.3 is 5.97 Å². The lowest BCUT2D eigenvalue weighted by molar-refractivity contribution is -0.136. The number of amides is 2. The number of nitrogens with zero attached hydrogens (tertiary/aromatic N) is 1. The van der Waals surface area contributed by atoms with Gasteiger partial charge in [-0.25, -0.2) is 4.98 Å². The number of aromatic amines is 1. The second kappa shape index (κ2) is 11.6. The topological polar surface area (TPSA) is 163 Å². The number of nitrogens with one attached hydrogen (secondary N) is 4. The minimum absolute atomic E-state index is 0. The smallest absolute Gasteiger partial charge is 0.308 e. The molecule has 13 heteroatoms. The number of hydrogen-bond acceptors (Lipinski definition) is 8. The molecule has 0 unspecified atom stereocenters. The van der Waals surface area contributed by atoms with E-state index in [1.807, 2.05) is 14.1 Å². The summed E-state index contributed by atoms with van der Waals surface area (Å²) in [6, 6.07) is 5.13. The molecule has 2 amide bonds. The molecule has 5 N–H and O–H groups in total. The van der Waals surface area contributed by atoms with Gasteiger partial charge in [-0.3, -0.25) is 19.2 Å². The molecule has 3 heterocycles. The van der Waals surface area contributed by atoms with Gasteiger partial charge in [0, 0.05) is 11.4 Å². The van der Waals surface area contributed by atoms with E-state index >= 15 is 0 Å². The fraction of sp³-hybridized carbons (Fsp3) is 0.286. The van der Waals surface area contributed by atoms with Gasteiger partial charge in [0.05, 0.1) is 17.5 Å². The Kier molecular flexibility index (Phi) is 9.12. The van der Waals surface area contributed by atoms with Gasteiger partial charge in [0.15, 0.2) is 6.61 Å². The molecule has 0 radical (unpaired) electrons. The Morgan fingerprint density at radius 1 is 1.26 bits per heavy atom. The minimum Gasteiger partial charge on any atom is -0.482 e. The van der Waals surface area contributed by atoms with Crippen molar-refractivity contribution in [2.24, 2.45) is 0 Å². The van der Waals surface area contributed by atoms with Crippen LogP contribution < -0.4 is 26.2 Å². The van der Waals surface area contributed by atoms with E-state index in [9.17, 15) is 19.2 Å². The molecule has 182 valence electrons. The average Bonchev–Trinajstić information content (AvgIpc) is 3.07. The Bertz CT molecular complexity index is 1290. The summed E-state index contributed by atoms with van der Waals surface area (Å²) in [6.45, 7) is 1.75. The van der Waals surface area contributed by atoms with Gasteiger partial charge < -0.3 is 30.8 Å². The normalized spacial score (nSPS) is 11.8. The number of carbonyl (C=O) groups excluding carboxylic acids is 2. The van der Waals surface area contributed by atoms with E-state index in [0.717, 1.165) is 11.3 Å². The Hall–Kier alpha value is -3.48. The molecule has 0 saturated carbocycles. The summed E-state index contributed by atoms with van der Waals surface area (Å²) < 4.78 is 5.29. The van der Waals surface area contributed by atoms with Crippen molar-refractivity contribution in [2.45, 2.75) is 19.9 Å². The third-order valence-electron chi connectivity index (χ3n) is 4.56. The number of rotatable bonds is 5. The van der Waals surface area contributed by atoms with Crippen LogP contribution >= 0.6 is 23.7 Å². The van der Waals surface area contributed by atoms with Crippen LogP contribution in [0.2, 0.25) is 0 Å². The van der Waals surface area contributed by atoms with Crippen molar-refractivity contribution < 1.29 is 24.2 Å². The van der Waals surface area contributed by atoms with Crippen LogP contribution in [0, 0.1) is 6.92 Å². The highest BCUT2D eigenvalue weighted by molar-refractivity contribution is 7.18. The summed E-state index contributed by atoms with van der Waals surface area (Å²) in [5.74, 6) is -1.47. The number of carboxylic acid groups (broad SMARTS) is 1. The third kappa shape index (κ3) is 6.10. The number of aromatic nitrogens is 2.